The van der Waals surface area contributed by atoms with E-state index in [0.717, 1.165) is 10.2 Å². The molecule has 0 N–H and O–H groups in total. The number of hydrogen-bond acceptors (Lipinski definition) is 0. The molecule has 2 heterocycles. The third-order valence-corrected chi connectivity index (χ3v) is 16.5. The molecule has 0 aliphatic carbocycles. The summed E-state index contributed by atoms with van der Waals surface area (Å²) in [7, 11) is 0. The molecule has 0 atom stereocenters. The van der Waals surface area contributed by atoms with Gasteiger partial charge in [0.25, 0.3) is 0 Å². The van der Waals surface area contributed by atoms with Crippen molar-refractivity contribution in [2.75, 3.05) is 0 Å². The lowest BCUT2D eigenvalue weighted by atomic mass is 9.86. The van der Waals surface area contributed by atoms with Crippen LogP contribution in [-0.4, -0.2) is 9.13 Å². The maximum atomic E-state index is 3.67. The molecular formula is C76H49BrN2. The van der Waals surface area contributed by atoms with E-state index < -0.39 is 0 Å². The van der Waals surface area contributed by atoms with Gasteiger partial charge in [0.1, 0.15) is 0 Å². The van der Waals surface area contributed by atoms with Crippen molar-refractivity contribution in [1.82, 2.24) is 9.13 Å². The summed E-state index contributed by atoms with van der Waals surface area (Å²) in [6.45, 7) is 0. The minimum absolute atomic E-state index is 1.09. The van der Waals surface area contributed by atoms with E-state index in [9.17, 15) is 0 Å². The summed E-state index contributed by atoms with van der Waals surface area (Å²) in [5.74, 6) is 0. The van der Waals surface area contributed by atoms with Gasteiger partial charge in [-0.2, -0.15) is 0 Å². The molecule has 0 amide bonds. The Morgan fingerprint density at radius 3 is 0.747 bits per heavy atom. The molecule has 0 fully saturated rings. The fourth-order valence-corrected chi connectivity index (χ4v) is 13.0. The van der Waals surface area contributed by atoms with Gasteiger partial charge in [0.2, 0.25) is 0 Å². The van der Waals surface area contributed by atoms with Gasteiger partial charge < -0.3 is 9.13 Å². The number of para-hydroxylation sites is 3. The van der Waals surface area contributed by atoms with E-state index in [1.807, 2.05) is 0 Å². The first-order chi connectivity index (χ1) is 39.2. The van der Waals surface area contributed by atoms with Gasteiger partial charge in [-0.1, -0.05) is 253 Å². The maximum absolute atomic E-state index is 3.67. The van der Waals surface area contributed by atoms with Crippen LogP contribution < -0.4 is 0 Å². The third-order valence-electron chi connectivity index (χ3n) is 16.0. The lowest BCUT2D eigenvalue weighted by Crippen LogP contribution is -1.94. The molecule has 370 valence electrons. The van der Waals surface area contributed by atoms with Gasteiger partial charge in [-0.3, -0.25) is 0 Å². The SMILES string of the molecule is Brc1ccc2c(c1)c1ccccc1n2-c1ccc(-c2c3ccccc3c(-c3ccccc3)c3ccccc23)cc1.c1ccc(-c2c3ccccc3c(-c3ccc(-n4c5ccccc5c5ccccc54)cc3)c3ccccc23)cc1. The van der Waals surface area contributed by atoms with Crippen LogP contribution in [0.2, 0.25) is 0 Å². The summed E-state index contributed by atoms with van der Waals surface area (Å²) < 4.78 is 5.84. The van der Waals surface area contributed by atoms with Crippen LogP contribution in [-0.2, 0) is 0 Å². The molecule has 0 aliphatic heterocycles. The number of nitrogens with zero attached hydrogens (tertiary/aromatic N) is 2. The predicted octanol–water partition coefficient (Wildman–Crippen LogP) is 21.6. The molecule has 2 nitrogen and oxygen atoms in total. The fraction of sp³-hybridized carbons (Fsp3) is 0. The number of fused-ring (bicyclic) bond motifs is 10. The predicted molar refractivity (Wildman–Crippen MR) is 341 cm³/mol. The van der Waals surface area contributed by atoms with E-state index in [-0.39, 0.29) is 0 Å². The quantitative estimate of drug-likeness (QED) is 0.147. The second-order valence-corrected chi connectivity index (χ2v) is 21.3. The Morgan fingerprint density at radius 2 is 0.430 bits per heavy atom. The first-order valence-corrected chi connectivity index (χ1v) is 27.8. The van der Waals surface area contributed by atoms with Crippen molar-refractivity contribution < 1.29 is 0 Å². The number of aromatic nitrogens is 2. The molecule has 16 aromatic rings. The highest BCUT2D eigenvalue weighted by Gasteiger charge is 2.20. The van der Waals surface area contributed by atoms with Crippen LogP contribution in [0.1, 0.15) is 0 Å². The first kappa shape index (κ1) is 46.5. The van der Waals surface area contributed by atoms with Gasteiger partial charge in [-0.05, 0) is 148 Å². The van der Waals surface area contributed by atoms with Crippen LogP contribution in [0.4, 0.5) is 0 Å². The Kier molecular flexibility index (Phi) is 11.4. The summed E-state index contributed by atoms with van der Waals surface area (Å²) >= 11 is 3.67. The molecule has 0 bridgehead atoms. The summed E-state index contributed by atoms with van der Waals surface area (Å²) in [6.07, 6.45) is 0. The van der Waals surface area contributed by atoms with Crippen LogP contribution in [0.25, 0.3) is 143 Å². The smallest absolute Gasteiger partial charge is 0.0541 e. The van der Waals surface area contributed by atoms with Crippen LogP contribution in [0.5, 0.6) is 0 Å². The number of hydrogen-bond donors (Lipinski definition) is 0. The molecule has 0 spiro atoms. The monoisotopic (exact) mass is 1070 g/mol. The number of benzene rings is 14. The molecule has 0 radical (unpaired) electrons. The molecule has 0 aliphatic rings. The average Bonchev–Trinajstić information content (AvgIpc) is 4.13. The second kappa shape index (κ2) is 19.3. The molecule has 79 heavy (non-hydrogen) atoms. The summed E-state index contributed by atoms with van der Waals surface area (Å²) in [6, 6.07) is 108. The molecular weight excluding hydrogens is 1020 g/mol. The molecule has 3 heteroatoms. The van der Waals surface area contributed by atoms with E-state index in [4.69, 9.17) is 0 Å². The van der Waals surface area contributed by atoms with Crippen molar-refractivity contribution in [2.45, 2.75) is 0 Å². The van der Waals surface area contributed by atoms with Gasteiger partial charge in [-0.15, -0.1) is 0 Å². The van der Waals surface area contributed by atoms with Gasteiger partial charge in [0.05, 0.1) is 22.1 Å². The lowest BCUT2D eigenvalue weighted by molar-refractivity contribution is 1.18. The topological polar surface area (TPSA) is 9.86 Å². The van der Waals surface area contributed by atoms with Crippen molar-refractivity contribution in [3.63, 3.8) is 0 Å². The van der Waals surface area contributed by atoms with Crippen molar-refractivity contribution in [1.29, 1.82) is 0 Å². The Bertz CT molecular complexity index is 4830. The zero-order chi connectivity index (χ0) is 52.4. The third kappa shape index (κ3) is 7.76. The van der Waals surface area contributed by atoms with Gasteiger partial charge in [0, 0.05) is 37.4 Å². The highest BCUT2D eigenvalue weighted by molar-refractivity contribution is 9.10. The second-order valence-electron chi connectivity index (χ2n) is 20.4. The zero-order valence-corrected chi connectivity index (χ0v) is 44.6. The minimum Gasteiger partial charge on any atom is -0.309 e. The molecule has 0 saturated carbocycles. The molecule has 0 unspecified atom stereocenters. The number of rotatable bonds is 6. The highest BCUT2D eigenvalue weighted by Crippen LogP contribution is 2.46. The summed E-state index contributed by atoms with van der Waals surface area (Å²) in [4.78, 5) is 0. The van der Waals surface area contributed by atoms with Crippen LogP contribution in [0.3, 0.4) is 0 Å². The van der Waals surface area contributed by atoms with E-state index in [1.54, 1.807) is 0 Å². The maximum Gasteiger partial charge on any atom is 0.0541 e. The van der Waals surface area contributed by atoms with Gasteiger partial charge in [0.15, 0.2) is 0 Å². The molecule has 0 saturated heterocycles. The van der Waals surface area contributed by atoms with Gasteiger partial charge >= 0.3 is 0 Å². The van der Waals surface area contributed by atoms with E-state index in [1.165, 1.54) is 137 Å². The Hall–Kier alpha value is -9.80. The van der Waals surface area contributed by atoms with Crippen LogP contribution in [0.15, 0.2) is 302 Å². The first-order valence-electron chi connectivity index (χ1n) is 27.0. The van der Waals surface area contributed by atoms with Crippen LogP contribution in [0, 0.1) is 0 Å². The summed E-state index contributed by atoms with van der Waals surface area (Å²) in [5.41, 5.74) is 17.3. The average molecular weight is 1070 g/mol. The number of halogens is 1. The normalized spacial score (nSPS) is 11.6. The summed E-state index contributed by atoms with van der Waals surface area (Å²) in [5, 5.41) is 15.3. The largest absolute Gasteiger partial charge is 0.309 e. The Morgan fingerprint density at radius 1 is 0.190 bits per heavy atom. The van der Waals surface area contributed by atoms with Crippen molar-refractivity contribution in [3.8, 4) is 55.9 Å². The Balaban J connectivity index is 0.000000137. The molecule has 2 aromatic heterocycles. The van der Waals surface area contributed by atoms with E-state index in [0.29, 0.717) is 0 Å². The minimum atomic E-state index is 1.09. The zero-order valence-electron chi connectivity index (χ0n) is 43.1. The van der Waals surface area contributed by atoms with Crippen molar-refractivity contribution in [2.24, 2.45) is 0 Å². The van der Waals surface area contributed by atoms with Gasteiger partial charge in [-0.25, -0.2) is 0 Å². The molecule has 14 aromatic carbocycles. The van der Waals surface area contributed by atoms with Crippen molar-refractivity contribution >= 4 is 103 Å². The standard InChI is InChI=1S/C38H24BrN.C38H25N/c39-27-20-23-36-34(24-27)29-12-8-9-17-35(29)40(36)28-21-18-26(19-22-28)38-32-15-6-4-13-30(32)37(25-10-2-1-3-11-25)31-14-5-7-16-33(31)38;1-2-12-26(13-3-1)37-31-16-4-6-18-33(31)38(34-19-7-5-17-32(34)37)27-22-24-28(25-23-27)39-35-20-10-8-14-29(35)30-15-9-11-21-36(30)39/h1-24H;1-25H. The van der Waals surface area contributed by atoms with Crippen molar-refractivity contribution in [3.05, 3.63) is 302 Å². The van der Waals surface area contributed by atoms with Crippen LogP contribution >= 0.6 is 15.9 Å². The lowest BCUT2D eigenvalue weighted by Gasteiger charge is -2.18. The van der Waals surface area contributed by atoms with E-state index in [2.05, 4.69) is 322 Å². The Labute approximate surface area is 466 Å². The fourth-order valence-electron chi connectivity index (χ4n) is 12.7. The highest BCUT2D eigenvalue weighted by atomic mass is 79.9. The van der Waals surface area contributed by atoms with E-state index >= 15 is 0 Å². The molecule has 16 rings (SSSR count).